The molecular weight excluding hydrogens is 320 g/mol. The molecule has 4 heteroatoms. The van der Waals surface area contributed by atoms with E-state index in [9.17, 15) is 4.79 Å². The zero-order valence-electron chi connectivity index (χ0n) is 13.4. The molecule has 1 aromatic heterocycles. The molecule has 3 rings (SSSR count). The summed E-state index contributed by atoms with van der Waals surface area (Å²) in [6.45, 7) is 2.18. The van der Waals surface area contributed by atoms with Crippen molar-refractivity contribution in [3.8, 4) is 11.1 Å². The van der Waals surface area contributed by atoms with E-state index < -0.39 is 0 Å². The molecule has 1 amide bonds. The number of anilines is 1. The number of hydrogen-bond donors (Lipinski definition) is 1. The summed E-state index contributed by atoms with van der Waals surface area (Å²) in [6.07, 6.45) is 3.86. The van der Waals surface area contributed by atoms with Crippen LogP contribution in [0.25, 0.3) is 11.1 Å². The Kier molecular flexibility index (Phi) is 4.92. The third-order valence-electron chi connectivity index (χ3n) is 3.77. The molecule has 0 spiro atoms. The number of carbonyl (C=O) groups is 1. The number of amides is 1. The molecule has 3 nitrogen and oxygen atoms in total. The lowest BCUT2D eigenvalue weighted by atomic mass is 10.1. The molecule has 24 heavy (non-hydrogen) atoms. The molecule has 0 fully saturated rings. The van der Waals surface area contributed by atoms with Crippen molar-refractivity contribution in [1.82, 2.24) is 0 Å². The normalized spacial score (nSPS) is 10.4. The van der Waals surface area contributed by atoms with Crippen LogP contribution >= 0.6 is 11.6 Å². The van der Waals surface area contributed by atoms with Crippen LogP contribution in [0.4, 0.5) is 5.69 Å². The number of benzene rings is 2. The number of carbonyl (C=O) groups excluding carboxylic acids is 1. The smallest absolute Gasteiger partial charge is 0.290 e. The number of nitrogens with zero attached hydrogens (tertiary/aromatic N) is 1. The lowest BCUT2D eigenvalue weighted by Gasteiger charge is -2.07. The van der Waals surface area contributed by atoms with Gasteiger partial charge in [-0.25, -0.2) is 0 Å². The van der Waals surface area contributed by atoms with Crippen molar-refractivity contribution in [2.45, 2.75) is 13.5 Å². The summed E-state index contributed by atoms with van der Waals surface area (Å²) < 4.78 is 1.87. The average molecular weight is 338 g/mol. The van der Waals surface area contributed by atoms with E-state index in [4.69, 9.17) is 11.6 Å². The highest BCUT2D eigenvalue weighted by Gasteiger charge is 2.12. The molecule has 0 aliphatic rings. The summed E-state index contributed by atoms with van der Waals surface area (Å²) in [4.78, 5) is 12.3. The molecule has 0 radical (unpaired) electrons. The Balaban J connectivity index is 1.74. The number of rotatable bonds is 4. The number of nitrogens with one attached hydrogen (secondary N) is 1. The van der Waals surface area contributed by atoms with E-state index in [1.165, 1.54) is 0 Å². The van der Waals surface area contributed by atoms with Gasteiger partial charge in [-0.2, -0.15) is 4.57 Å². The zero-order valence-corrected chi connectivity index (χ0v) is 14.1. The number of hydrogen-bond acceptors (Lipinski definition) is 1. The predicted octanol–water partition coefficient (Wildman–Crippen LogP) is 4.24. The van der Waals surface area contributed by atoms with Crippen molar-refractivity contribution >= 4 is 23.2 Å². The minimum atomic E-state index is -0.0874. The molecule has 3 aromatic rings. The average Bonchev–Trinajstić information content (AvgIpc) is 2.59. The van der Waals surface area contributed by atoms with E-state index in [1.807, 2.05) is 66.3 Å². The van der Waals surface area contributed by atoms with E-state index in [-0.39, 0.29) is 12.5 Å². The van der Waals surface area contributed by atoms with E-state index >= 15 is 0 Å². The Hall–Kier alpha value is -2.65. The molecule has 120 valence electrons. The van der Waals surface area contributed by atoms with Crippen molar-refractivity contribution in [1.29, 1.82) is 0 Å². The highest BCUT2D eigenvalue weighted by Crippen LogP contribution is 2.20. The van der Waals surface area contributed by atoms with Gasteiger partial charge in [0.25, 0.3) is 5.91 Å². The second-order valence-electron chi connectivity index (χ2n) is 5.64. The molecule has 0 aliphatic carbocycles. The van der Waals surface area contributed by atoms with Crippen LogP contribution in [-0.4, -0.2) is 5.91 Å². The molecule has 0 bridgehead atoms. The second kappa shape index (κ2) is 7.28. The molecule has 2 aromatic carbocycles. The fraction of sp³-hybridized carbons (Fsp3) is 0.100. The first-order valence-electron chi connectivity index (χ1n) is 7.72. The summed E-state index contributed by atoms with van der Waals surface area (Å²) >= 11 is 5.99. The SMILES string of the molecule is Cc1ccc(Cl)cc1NC(=O)C[n+]1cccc(-c2ccccc2)c1. The first kappa shape index (κ1) is 16.2. The van der Waals surface area contributed by atoms with Crippen LogP contribution in [0.5, 0.6) is 0 Å². The monoisotopic (exact) mass is 337 g/mol. The standard InChI is InChI=1S/C20H17ClN2O/c1-15-9-10-18(21)12-19(15)22-20(24)14-23-11-5-8-17(13-23)16-6-3-2-4-7-16/h2-13H,14H2,1H3/p+1. The highest BCUT2D eigenvalue weighted by atomic mass is 35.5. The first-order valence-corrected chi connectivity index (χ1v) is 8.10. The van der Waals surface area contributed by atoms with Gasteiger partial charge in [-0.3, -0.25) is 4.79 Å². The van der Waals surface area contributed by atoms with Gasteiger partial charge < -0.3 is 5.32 Å². The van der Waals surface area contributed by atoms with Gasteiger partial charge in [-0.05, 0) is 36.2 Å². The summed E-state index contributed by atoms with van der Waals surface area (Å²) in [7, 11) is 0. The van der Waals surface area contributed by atoms with Crippen LogP contribution in [0.3, 0.4) is 0 Å². The maximum atomic E-state index is 12.3. The van der Waals surface area contributed by atoms with Gasteiger partial charge in [0.05, 0.1) is 0 Å². The maximum Gasteiger partial charge on any atom is 0.290 e. The summed E-state index contributed by atoms with van der Waals surface area (Å²) in [6, 6.07) is 19.5. The molecule has 0 saturated carbocycles. The third-order valence-corrected chi connectivity index (χ3v) is 4.00. The van der Waals surface area contributed by atoms with Crippen LogP contribution in [-0.2, 0) is 11.3 Å². The molecule has 1 N–H and O–H groups in total. The first-order chi connectivity index (χ1) is 11.6. The van der Waals surface area contributed by atoms with Crippen LogP contribution in [0.1, 0.15) is 5.56 Å². The minimum absolute atomic E-state index is 0.0874. The maximum absolute atomic E-state index is 12.3. The van der Waals surface area contributed by atoms with Crippen molar-refractivity contribution in [3.05, 3.63) is 83.6 Å². The van der Waals surface area contributed by atoms with Gasteiger partial charge in [-0.15, -0.1) is 0 Å². The Morgan fingerprint density at radius 2 is 1.79 bits per heavy atom. The second-order valence-corrected chi connectivity index (χ2v) is 6.07. The fourth-order valence-electron chi connectivity index (χ4n) is 2.51. The zero-order chi connectivity index (χ0) is 16.9. The Morgan fingerprint density at radius 3 is 2.58 bits per heavy atom. The number of halogens is 1. The topological polar surface area (TPSA) is 33.0 Å². The number of aromatic nitrogens is 1. The van der Waals surface area contributed by atoms with Crippen molar-refractivity contribution in [3.63, 3.8) is 0 Å². The van der Waals surface area contributed by atoms with Gasteiger partial charge in [0.1, 0.15) is 0 Å². The van der Waals surface area contributed by atoms with Gasteiger partial charge >= 0.3 is 0 Å². The van der Waals surface area contributed by atoms with Crippen LogP contribution < -0.4 is 9.88 Å². The largest absolute Gasteiger partial charge is 0.320 e. The van der Waals surface area contributed by atoms with E-state index in [0.717, 1.165) is 22.4 Å². The van der Waals surface area contributed by atoms with Crippen LogP contribution in [0.15, 0.2) is 73.1 Å². The van der Waals surface area contributed by atoms with Crippen molar-refractivity contribution in [2.75, 3.05) is 5.32 Å². The van der Waals surface area contributed by atoms with E-state index in [2.05, 4.69) is 17.4 Å². The minimum Gasteiger partial charge on any atom is -0.320 e. The lowest BCUT2D eigenvalue weighted by Crippen LogP contribution is -2.39. The lowest BCUT2D eigenvalue weighted by molar-refractivity contribution is -0.683. The number of pyridine rings is 1. The Labute approximate surface area is 146 Å². The van der Waals surface area contributed by atoms with Crippen LogP contribution in [0.2, 0.25) is 5.02 Å². The van der Waals surface area contributed by atoms with Crippen molar-refractivity contribution in [2.24, 2.45) is 0 Å². The van der Waals surface area contributed by atoms with E-state index in [1.54, 1.807) is 6.07 Å². The Bertz CT molecular complexity index is 863. The quantitative estimate of drug-likeness (QED) is 0.710. The van der Waals surface area contributed by atoms with Gasteiger partial charge in [0, 0.05) is 22.3 Å². The molecule has 0 atom stereocenters. The summed E-state index contributed by atoms with van der Waals surface area (Å²) in [5, 5.41) is 3.52. The fourth-order valence-corrected chi connectivity index (χ4v) is 2.68. The van der Waals surface area contributed by atoms with E-state index in [0.29, 0.717) is 5.02 Å². The molecule has 0 unspecified atom stereocenters. The molecule has 0 saturated heterocycles. The molecule has 0 aliphatic heterocycles. The Morgan fingerprint density at radius 1 is 1.04 bits per heavy atom. The summed E-state index contributed by atoms with van der Waals surface area (Å²) in [5.74, 6) is -0.0874. The van der Waals surface area contributed by atoms with Gasteiger partial charge in [0.2, 0.25) is 6.54 Å². The highest BCUT2D eigenvalue weighted by molar-refractivity contribution is 6.31. The molecule has 1 heterocycles. The number of aryl methyl sites for hydroxylation is 1. The third kappa shape index (κ3) is 4.00. The molecular formula is C20H18ClN2O+. The summed E-state index contributed by atoms with van der Waals surface area (Å²) in [5.41, 5.74) is 3.92. The predicted molar refractivity (Wildman–Crippen MR) is 96.9 cm³/mol. The van der Waals surface area contributed by atoms with Crippen molar-refractivity contribution < 1.29 is 9.36 Å². The van der Waals surface area contributed by atoms with Gasteiger partial charge in [-0.1, -0.05) is 48.0 Å². The van der Waals surface area contributed by atoms with Gasteiger partial charge in [0.15, 0.2) is 12.4 Å². The van der Waals surface area contributed by atoms with Crippen LogP contribution in [0, 0.1) is 6.92 Å².